The lowest BCUT2D eigenvalue weighted by molar-refractivity contribution is -0.134. The van der Waals surface area contributed by atoms with E-state index in [1.54, 1.807) is 18.5 Å². The van der Waals surface area contributed by atoms with Gasteiger partial charge < -0.3 is 14.4 Å². The van der Waals surface area contributed by atoms with Crippen LogP contribution >= 0.6 is 0 Å². The van der Waals surface area contributed by atoms with Gasteiger partial charge in [-0.25, -0.2) is 4.98 Å². The number of benzene rings is 1. The highest BCUT2D eigenvalue weighted by Gasteiger charge is 2.17. The number of rotatable bonds is 8. The molecule has 1 saturated heterocycles. The fourth-order valence-corrected chi connectivity index (χ4v) is 2.97. The molecule has 0 atom stereocenters. The first-order valence-corrected chi connectivity index (χ1v) is 9.64. The Hall–Kier alpha value is -3.09. The number of likely N-dealkylation sites (tertiary alicyclic amines) is 1. The molecule has 0 bridgehead atoms. The van der Waals surface area contributed by atoms with Gasteiger partial charge in [0.25, 0.3) is 5.91 Å². The zero-order chi connectivity index (χ0) is 19.6. The Balaban J connectivity index is 1.60. The number of ether oxygens (including phenoxy) is 2. The minimum absolute atomic E-state index is 0.0207. The molecule has 0 unspecified atom stereocenters. The second-order valence-electron chi connectivity index (χ2n) is 6.45. The van der Waals surface area contributed by atoms with Crippen LogP contribution in [0.4, 0.5) is 5.82 Å². The highest BCUT2D eigenvalue weighted by molar-refractivity contribution is 5.81. The average Bonchev–Trinajstić information content (AvgIpc) is 2.74. The molecule has 1 N–H and O–H groups in total. The number of nitrogens with zero attached hydrogens (tertiary/aromatic N) is 3. The van der Waals surface area contributed by atoms with E-state index in [0.717, 1.165) is 31.5 Å². The second kappa shape index (κ2) is 10.3. The Labute approximate surface area is 165 Å². The summed E-state index contributed by atoms with van der Waals surface area (Å²) in [5, 5.41) is 4.18. The molecular weight excluding hydrogens is 356 g/mol. The van der Waals surface area contributed by atoms with E-state index in [-0.39, 0.29) is 12.5 Å². The molecule has 1 aromatic heterocycles. The van der Waals surface area contributed by atoms with Gasteiger partial charge in [-0.15, -0.1) is 0 Å². The van der Waals surface area contributed by atoms with E-state index >= 15 is 0 Å². The Morgan fingerprint density at radius 2 is 2.04 bits per heavy atom. The number of carbonyl (C=O) groups excluding carboxylic acids is 1. The molecular formula is C21H26N4O3. The Morgan fingerprint density at radius 1 is 1.18 bits per heavy atom. The summed E-state index contributed by atoms with van der Waals surface area (Å²) in [6.07, 6.45) is 6.70. The molecule has 2 aromatic rings. The van der Waals surface area contributed by atoms with Crippen LogP contribution in [0, 0.1) is 0 Å². The van der Waals surface area contributed by atoms with Crippen LogP contribution in [0.25, 0.3) is 0 Å². The summed E-state index contributed by atoms with van der Waals surface area (Å²) in [5.41, 5.74) is 3.72. The molecule has 148 valence electrons. The first-order chi connectivity index (χ1) is 13.8. The largest absolute Gasteiger partial charge is 0.490 e. The molecule has 0 spiro atoms. The topological polar surface area (TPSA) is 76.0 Å². The summed E-state index contributed by atoms with van der Waals surface area (Å²) in [6.45, 7) is 4.07. The van der Waals surface area contributed by atoms with Crippen LogP contribution in [0.1, 0.15) is 31.7 Å². The Kier molecular flexibility index (Phi) is 7.23. The van der Waals surface area contributed by atoms with Gasteiger partial charge >= 0.3 is 0 Å². The van der Waals surface area contributed by atoms with Crippen molar-refractivity contribution in [1.29, 1.82) is 0 Å². The van der Waals surface area contributed by atoms with Crippen LogP contribution in [0.15, 0.2) is 47.7 Å². The van der Waals surface area contributed by atoms with Gasteiger partial charge in [0.15, 0.2) is 18.1 Å². The lowest BCUT2D eigenvalue weighted by Gasteiger charge is -2.26. The predicted octanol–water partition coefficient (Wildman–Crippen LogP) is 3.32. The molecule has 0 aliphatic carbocycles. The monoisotopic (exact) mass is 382 g/mol. The lowest BCUT2D eigenvalue weighted by Crippen LogP contribution is -2.38. The van der Waals surface area contributed by atoms with Crippen molar-refractivity contribution in [3.63, 3.8) is 0 Å². The van der Waals surface area contributed by atoms with Crippen LogP contribution in [-0.2, 0) is 4.79 Å². The quantitative estimate of drug-likeness (QED) is 0.560. The van der Waals surface area contributed by atoms with Crippen molar-refractivity contribution in [2.75, 3.05) is 31.7 Å². The molecule has 2 heterocycles. The number of carbonyl (C=O) groups is 1. The number of anilines is 1. The fraction of sp³-hybridized carbons (Fsp3) is 0.381. The van der Waals surface area contributed by atoms with Gasteiger partial charge in [-0.05, 0) is 62.1 Å². The standard InChI is InChI=1S/C21H26N4O3/c1-2-27-19-14-17(15-23-24-20-8-4-5-11-22-20)9-10-18(19)28-16-21(26)25-12-6-3-7-13-25/h4-5,8-11,14-15H,2-3,6-7,12-13,16H2,1H3,(H,22,24)/b23-15-. The molecule has 3 rings (SSSR count). The number of nitrogens with one attached hydrogen (secondary N) is 1. The minimum atomic E-state index is 0.0207. The van der Waals surface area contributed by atoms with Crippen molar-refractivity contribution >= 4 is 17.9 Å². The van der Waals surface area contributed by atoms with Crippen molar-refractivity contribution < 1.29 is 14.3 Å². The number of piperidine rings is 1. The van der Waals surface area contributed by atoms with E-state index in [9.17, 15) is 4.79 Å². The molecule has 1 aliphatic rings. The van der Waals surface area contributed by atoms with Gasteiger partial charge in [0.1, 0.15) is 5.82 Å². The van der Waals surface area contributed by atoms with Crippen LogP contribution in [-0.4, -0.2) is 48.3 Å². The maximum Gasteiger partial charge on any atom is 0.260 e. The number of pyridine rings is 1. The van der Waals surface area contributed by atoms with Gasteiger partial charge in [-0.2, -0.15) is 5.10 Å². The normalized spacial score (nSPS) is 14.1. The van der Waals surface area contributed by atoms with E-state index in [4.69, 9.17) is 9.47 Å². The number of hydrogen-bond acceptors (Lipinski definition) is 6. The van der Waals surface area contributed by atoms with Gasteiger partial charge in [0.05, 0.1) is 12.8 Å². The first kappa shape index (κ1) is 19.7. The first-order valence-electron chi connectivity index (χ1n) is 9.64. The van der Waals surface area contributed by atoms with E-state index in [1.165, 1.54) is 6.42 Å². The van der Waals surface area contributed by atoms with Crippen LogP contribution in [0.3, 0.4) is 0 Å². The van der Waals surface area contributed by atoms with Crippen LogP contribution < -0.4 is 14.9 Å². The average molecular weight is 382 g/mol. The zero-order valence-electron chi connectivity index (χ0n) is 16.1. The number of hydrogen-bond donors (Lipinski definition) is 1. The third kappa shape index (κ3) is 5.70. The lowest BCUT2D eigenvalue weighted by atomic mass is 10.1. The highest BCUT2D eigenvalue weighted by atomic mass is 16.5. The summed E-state index contributed by atoms with van der Waals surface area (Å²) in [5.74, 6) is 1.84. The summed E-state index contributed by atoms with van der Waals surface area (Å²) < 4.78 is 11.4. The molecule has 1 aliphatic heterocycles. The Morgan fingerprint density at radius 3 is 2.79 bits per heavy atom. The molecule has 1 amide bonds. The smallest absolute Gasteiger partial charge is 0.260 e. The minimum Gasteiger partial charge on any atom is -0.490 e. The summed E-state index contributed by atoms with van der Waals surface area (Å²) in [7, 11) is 0. The molecule has 1 fully saturated rings. The van der Waals surface area contributed by atoms with E-state index < -0.39 is 0 Å². The number of hydrazone groups is 1. The summed E-state index contributed by atoms with van der Waals surface area (Å²) >= 11 is 0. The molecule has 7 heteroatoms. The van der Waals surface area contributed by atoms with Gasteiger partial charge in [-0.1, -0.05) is 6.07 Å². The van der Waals surface area contributed by atoms with Gasteiger partial charge in [0.2, 0.25) is 0 Å². The SMILES string of the molecule is CCOc1cc(/C=N\Nc2ccccn2)ccc1OCC(=O)N1CCCCC1. The van der Waals surface area contributed by atoms with Gasteiger partial charge in [0, 0.05) is 19.3 Å². The molecule has 28 heavy (non-hydrogen) atoms. The zero-order valence-corrected chi connectivity index (χ0v) is 16.1. The van der Waals surface area contributed by atoms with Gasteiger partial charge in [-0.3, -0.25) is 10.2 Å². The third-order valence-electron chi connectivity index (χ3n) is 4.39. The van der Waals surface area contributed by atoms with Crippen LogP contribution in [0.2, 0.25) is 0 Å². The maximum atomic E-state index is 12.3. The fourth-order valence-electron chi connectivity index (χ4n) is 2.97. The van der Waals surface area contributed by atoms with E-state index in [0.29, 0.717) is 23.9 Å². The third-order valence-corrected chi connectivity index (χ3v) is 4.39. The molecule has 0 radical (unpaired) electrons. The second-order valence-corrected chi connectivity index (χ2v) is 6.45. The van der Waals surface area contributed by atoms with Crippen molar-refractivity contribution in [3.05, 3.63) is 48.2 Å². The van der Waals surface area contributed by atoms with Crippen molar-refractivity contribution in [2.45, 2.75) is 26.2 Å². The van der Waals surface area contributed by atoms with Crippen molar-refractivity contribution in [2.24, 2.45) is 5.10 Å². The molecule has 0 saturated carbocycles. The summed E-state index contributed by atoms with van der Waals surface area (Å²) in [6, 6.07) is 11.1. The predicted molar refractivity (Wildman–Crippen MR) is 109 cm³/mol. The number of amides is 1. The van der Waals surface area contributed by atoms with E-state index in [1.807, 2.05) is 42.2 Å². The number of aromatic nitrogens is 1. The molecule has 7 nitrogen and oxygen atoms in total. The Bertz CT molecular complexity index is 789. The maximum absolute atomic E-state index is 12.3. The van der Waals surface area contributed by atoms with Crippen molar-refractivity contribution in [3.8, 4) is 11.5 Å². The highest BCUT2D eigenvalue weighted by Crippen LogP contribution is 2.28. The van der Waals surface area contributed by atoms with Crippen molar-refractivity contribution in [1.82, 2.24) is 9.88 Å². The molecule has 1 aromatic carbocycles. The summed E-state index contributed by atoms with van der Waals surface area (Å²) in [4.78, 5) is 18.3. The van der Waals surface area contributed by atoms with Crippen LogP contribution in [0.5, 0.6) is 11.5 Å². The van der Waals surface area contributed by atoms with E-state index in [2.05, 4.69) is 15.5 Å².